The van der Waals surface area contributed by atoms with Gasteiger partial charge in [0.05, 0.1) is 6.20 Å². The highest BCUT2D eigenvalue weighted by Gasteiger charge is 2.09. The zero-order valence-corrected chi connectivity index (χ0v) is 8.85. The summed E-state index contributed by atoms with van der Waals surface area (Å²) in [4.78, 5) is 0.252. The van der Waals surface area contributed by atoms with Gasteiger partial charge in [0, 0.05) is 24.9 Å². The molecule has 13 heavy (non-hydrogen) atoms. The summed E-state index contributed by atoms with van der Waals surface area (Å²) in [5.41, 5.74) is 0. The van der Waals surface area contributed by atoms with Gasteiger partial charge in [-0.2, -0.15) is 5.10 Å². The molecule has 0 saturated carbocycles. The number of rotatable bonds is 4. The van der Waals surface area contributed by atoms with E-state index in [1.807, 2.05) is 0 Å². The smallest absolute Gasteiger partial charge is 0.178 e. The van der Waals surface area contributed by atoms with Gasteiger partial charge in [0.2, 0.25) is 0 Å². The van der Waals surface area contributed by atoms with Crippen molar-refractivity contribution >= 4 is 21.4 Å². The van der Waals surface area contributed by atoms with Gasteiger partial charge in [-0.1, -0.05) is 0 Å². The average molecular weight is 223 g/mol. The first-order chi connectivity index (χ1) is 6.04. The third-order valence-electron chi connectivity index (χ3n) is 1.56. The van der Waals surface area contributed by atoms with Crippen LogP contribution >= 0.6 is 11.6 Å². The van der Waals surface area contributed by atoms with Crippen molar-refractivity contribution in [3.8, 4) is 0 Å². The normalized spacial score (nSPS) is 11.8. The zero-order valence-electron chi connectivity index (χ0n) is 7.27. The minimum absolute atomic E-state index is 0.252. The molecular weight excluding hydrogens is 212 g/mol. The van der Waals surface area contributed by atoms with Crippen molar-refractivity contribution in [1.29, 1.82) is 0 Å². The van der Waals surface area contributed by atoms with Crippen molar-refractivity contribution in [2.24, 2.45) is 0 Å². The Kier molecular flexibility index (Phi) is 3.33. The van der Waals surface area contributed by atoms with Crippen LogP contribution < -0.4 is 0 Å². The zero-order chi connectivity index (χ0) is 9.90. The minimum atomic E-state index is -3.12. The summed E-state index contributed by atoms with van der Waals surface area (Å²) in [5.74, 6) is 0.550. The molecule has 0 radical (unpaired) electrons. The lowest BCUT2D eigenvalue weighted by Crippen LogP contribution is -1.99. The van der Waals surface area contributed by atoms with Crippen molar-refractivity contribution < 1.29 is 8.42 Å². The predicted octanol–water partition coefficient (Wildman–Crippen LogP) is 0.916. The standard InChI is InChI=1S/C7H11ClN2O2S/c1-13(11,12)7-5-9-10(6-7)4-2-3-8/h5-6H,2-4H2,1H3. The maximum absolute atomic E-state index is 11.0. The Bertz CT molecular complexity index is 372. The van der Waals surface area contributed by atoms with Crippen LogP contribution in [0.3, 0.4) is 0 Å². The lowest BCUT2D eigenvalue weighted by molar-refractivity contribution is 0.596. The summed E-state index contributed by atoms with van der Waals surface area (Å²) < 4.78 is 23.7. The maximum Gasteiger partial charge on any atom is 0.178 e. The van der Waals surface area contributed by atoms with Crippen LogP contribution in [0.2, 0.25) is 0 Å². The number of sulfone groups is 1. The fourth-order valence-corrected chi connectivity index (χ4v) is 1.55. The van der Waals surface area contributed by atoms with Gasteiger partial charge in [0.15, 0.2) is 9.84 Å². The van der Waals surface area contributed by atoms with Crippen LogP contribution in [-0.2, 0) is 16.4 Å². The van der Waals surface area contributed by atoms with E-state index in [9.17, 15) is 8.42 Å². The average Bonchev–Trinajstić information content (AvgIpc) is 2.47. The molecule has 0 aliphatic heterocycles. The van der Waals surface area contributed by atoms with Crippen LogP contribution in [0.15, 0.2) is 17.3 Å². The van der Waals surface area contributed by atoms with E-state index < -0.39 is 9.84 Å². The van der Waals surface area contributed by atoms with E-state index in [2.05, 4.69) is 5.10 Å². The highest BCUT2D eigenvalue weighted by Crippen LogP contribution is 2.06. The molecule has 0 aliphatic carbocycles. The van der Waals surface area contributed by atoms with Gasteiger partial charge in [0.25, 0.3) is 0 Å². The molecule has 0 fully saturated rings. The Morgan fingerprint density at radius 2 is 2.31 bits per heavy atom. The number of alkyl halides is 1. The maximum atomic E-state index is 11.0. The summed E-state index contributed by atoms with van der Waals surface area (Å²) in [7, 11) is -3.12. The molecule has 4 nitrogen and oxygen atoms in total. The summed E-state index contributed by atoms with van der Waals surface area (Å²) in [6.07, 6.45) is 4.81. The topological polar surface area (TPSA) is 52.0 Å². The summed E-state index contributed by atoms with van der Waals surface area (Å²) in [6, 6.07) is 0. The first-order valence-electron chi connectivity index (χ1n) is 3.82. The highest BCUT2D eigenvalue weighted by atomic mass is 35.5. The van der Waals surface area contributed by atoms with Crippen LogP contribution in [0.1, 0.15) is 6.42 Å². The predicted molar refractivity (Wildman–Crippen MR) is 50.7 cm³/mol. The van der Waals surface area contributed by atoms with Gasteiger partial charge in [-0.15, -0.1) is 11.6 Å². The molecule has 1 rings (SSSR count). The molecule has 1 heterocycles. The van der Waals surface area contributed by atoms with Crippen LogP contribution in [0, 0.1) is 0 Å². The van der Waals surface area contributed by atoms with Crippen LogP contribution in [0.25, 0.3) is 0 Å². The number of nitrogens with zero attached hydrogens (tertiary/aromatic N) is 2. The Hall–Kier alpha value is -0.550. The molecule has 0 aliphatic rings. The Labute approximate surface area is 82.4 Å². The van der Waals surface area contributed by atoms with E-state index in [4.69, 9.17) is 11.6 Å². The largest absolute Gasteiger partial charge is 0.271 e. The van der Waals surface area contributed by atoms with Gasteiger partial charge in [-0.05, 0) is 6.42 Å². The number of hydrogen-bond donors (Lipinski definition) is 0. The molecule has 0 saturated heterocycles. The monoisotopic (exact) mass is 222 g/mol. The fourth-order valence-electron chi connectivity index (χ4n) is 0.880. The second-order valence-corrected chi connectivity index (χ2v) is 5.15. The molecule has 0 aromatic carbocycles. The molecular formula is C7H11ClN2O2S. The van der Waals surface area contributed by atoms with E-state index in [1.54, 1.807) is 4.68 Å². The number of halogens is 1. The number of hydrogen-bond acceptors (Lipinski definition) is 3. The Morgan fingerprint density at radius 3 is 2.77 bits per heavy atom. The van der Waals surface area contributed by atoms with Gasteiger partial charge in [0.1, 0.15) is 4.90 Å². The van der Waals surface area contributed by atoms with Gasteiger partial charge < -0.3 is 0 Å². The quantitative estimate of drug-likeness (QED) is 0.712. The van der Waals surface area contributed by atoms with Crippen molar-refractivity contribution in [3.05, 3.63) is 12.4 Å². The van der Waals surface area contributed by atoms with Crippen LogP contribution in [0.5, 0.6) is 0 Å². The Balaban J connectivity index is 2.76. The van der Waals surface area contributed by atoms with Crippen molar-refractivity contribution in [2.75, 3.05) is 12.1 Å². The van der Waals surface area contributed by atoms with E-state index in [0.29, 0.717) is 12.4 Å². The van der Waals surface area contributed by atoms with Crippen LogP contribution in [-0.4, -0.2) is 30.3 Å². The minimum Gasteiger partial charge on any atom is -0.271 e. The molecule has 1 aromatic heterocycles. The SMILES string of the molecule is CS(=O)(=O)c1cnn(CCCCl)c1. The molecule has 0 N–H and O–H groups in total. The van der Waals surface area contributed by atoms with Gasteiger partial charge in [-0.3, -0.25) is 4.68 Å². The second kappa shape index (κ2) is 4.11. The molecule has 0 unspecified atom stereocenters. The van der Waals surface area contributed by atoms with E-state index in [-0.39, 0.29) is 4.90 Å². The van der Waals surface area contributed by atoms with Crippen molar-refractivity contribution in [3.63, 3.8) is 0 Å². The van der Waals surface area contributed by atoms with E-state index in [1.165, 1.54) is 12.4 Å². The first-order valence-corrected chi connectivity index (χ1v) is 6.25. The summed E-state index contributed by atoms with van der Waals surface area (Å²) in [5, 5.41) is 3.90. The highest BCUT2D eigenvalue weighted by molar-refractivity contribution is 7.90. The lowest BCUT2D eigenvalue weighted by atomic mass is 10.5. The van der Waals surface area contributed by atoms with Gasteiger partial charge in [-0.25, -0.2) is 8.42 Å². The molecule has 6 heteroatoms. The Morgan fingerprint density at radius 1 is 1.62 bits per heavy atom. The van der Waals surface area contributed by atoms with Crippen molar-refractivity contribution in [2.45, 2.75) is 17.9 Å². The summed E-state index contributed by atoms with van der Waals surface area (Å²) in [6.45, 7) is 0.652. The third-order valence-corrected chi connectivity index (χ3v) is 2.89. The van der Waals surface area contributed by atoms with E-state index in [0.717, 1.165) is 12.7 Å². The molecule has 0 spiro atoms. The first kappa shape index (κ1) is 10.5. The van der Waals surface area contributed by atoms with Crippen molar-refractivity contribution in [1.82, 2.24) is 9.78 Å². The second-order valence-electron chi connectivity index (χ2n) is 2.75. The molecule has 0 amide bonds. The molecule has 0 atom stereocenters. The molecule has 74 valence electrons. The summed E-state index contributed by atoms with van der Waals surface area (Å²) >= 11 is 5.49. The number of aryl methyl sites for hydroxylation is 1. The lowest BCUT2D eigenvalue weighted by Gasteiger charge is -1.96. The molecule has 0 bridgehead atoms. The molecule has 1 aromatic rings. The third kappa shape index (κ3) is 3.00. The number of aromatic nitrogens is 2. The van der Waals surface area contributed by atoms with E-state index >= 15 is 0 Å². The fraction of sp³-hybridized carbons (Fsp3) is 0.571. The van der Waals surface area contributed by atoms with Gasteiger partial charge >= 0.3 is 0 Å². The van der Waals surface area contributed by atoms with Crippen LogP contribution in [0.4, 0.5) is 0 Å².